The summed E-state index contributed by atoms with van der Waals surface area (Å²) < 4.78 is 15.9. The topological polar surface area (TPSA) is 94.7 Å². The molecule has 0 saturated carbocycles. The zero-order valence-corrected chi connectivity index (χ0v) is 14.6. The van der Waals surface area contributed by atoms with Crippen molar-refractivity contribution in [3.8, 4) is 5.69 Å². The molecule has 0 radical (unpaired) electrons. The molecule has 0 fully saturated rings. The van der Waals surface area contributed by atoms with Gasteiger partial charge in [0.15, 0.2) is 5.65 Å². The number of carbonyl (C=O) groups is 1. The lowest BCUT2D eigenvalue weighted by atomic mass is 10.3. The average molecular weight is 378 g/mol. The lowest BCUT2D eigenvalue weighted by Gasteiger charge is -2.07. The van der Waals surface area contributed by atoms with Crippen LogP contribution in [-0.4, -0.2) is 30.2 Å². The summed E-state index contributed by atoms with van der Waals surface area (Å²) in [7, 11) is 0. The number of nitrogens with zero attached hydrogens (tertiary/aromatic N) is 5. The van der Waals surface area contributed by atoms with Crippen LogP contribution in [0.15, 0.2) is 66.1 Å². The van der Waals surface area contributed by atoms with E-state index in [1.807, 2.05) is 0 Å². The van der Waals surface area contributed by atoms with Crippen LogP contribution in [-0.2, 0) is 11.3 Å². The number of hydrogen-bond donors (Lipinski definition) is 1. The third-order valence-corrected chi connectivity index (χ3v) is 4.15. The van der Waals surface area contributed by atoms with Crippen LogP contribution in [0, 0.1) is 5.82 Å². The molecule has 4 rings (SSSR count). The normalized spacial score (nSPS) is 10.9. The van der Waals surface area contributed by atoms with Crippen molar-refractivity contribution in [2.24, 2.45) is 0 Å². The third kappa shape index (κ3) is 3.50. The molecule has 3 heterocycles. The maximum Gasteiger partial charge on any atom is 0.264 e. The lowest BCUT2D eigenvalue weighted by molar-refractivity contribution is -0.116. The van der Waals surface area contributed by atoms with Gasteiger partial charge in [-0.3, -0.25) is 19.1 Å². The summed E-state index contributed by atoms with van der Waals surface area (Å²) in [5.74, 6) is -0.595. The van der Waals surface area contributed by atoms with Crippen molar-refractivity contribution in [2.75, 3.05) is 5.32 Å². The summed E-state index contributed by atoms with van der Waals surface area (Å²) in [6.07, 6.45) is 6.06. The molecule has 0 spiro atoms. The lowest BCUT2D eigenvalue weighted by Crippen LogP contribution is -2.23. The van der Waals surface area contributed by atoms with Crippen molar-refractivity contribution < 1.29 is 9.18 Å². The largest absolute Gasteiger partial charge is 0.325 e. The number of pyridine rings is 1. The first-order chi connectivity index (χ1) is 13.6. The second-order valence-corrected chi connectivity index (χ2v) is 6.05. The molecule has 1 aromatic carbocycles. The van der Waals surface area contributed by atoms with E-state index in [0.29, 0.717) is 22.4 Å². The number of aromatic nitrogens is 5. The number of amides is 1. The summed E-state index contributed by atoms with van der Waals surface area (Å²) in [6, 6.07) is 9.18. The number of carbonyl (C=O) groups excluding carboxylic acids is 1. The number of aryl methyl sites for hydroxylation is 1. The van der Waals surface area contributed by atoms with E-state index in [0.717, 1.165) is 0 Å². The van der Waals surface area contributed by atoms with Crippen LogP contribution in [0.5, 0.6) is 0 Å². The zero-order chi connectivity index (χ0) is 19.5. The van der Waals surface area contributed by atoms with E-state index in [1.54, 1.807) is 36.7 Å². The van der Waals surface area contributed by atoms with Gasteiger partial charge in [-0.15, -0.1) is 0 Å². The fraction of sp³-hybridized carbons (Fsp3) is 0.105. The van der Waals surface area contributed by atoms with Crippen LogP contribution in [0.1, 0.15) is 6.42 Å². The smallest absolute Gasteiger partial charge is 0.264 e. The Balaban J connectivity index is 1.53. The monoisotopic (exact) mass is 378 g/mol. The molecule has 1 N–H and O–H groups in total. The van der Waals surface area contributed by atoms with Gasteiger partial charge in [0.05, 0.1) is 30.1 Å². The highest BCUT2D eigenvalue weighted by Crippen LogP contribution is 2.14. The van der Waals surface area contributed by atoms with Crippen LogP contribution < -0.4 is 10.9 Å². The van der Waals surface area contributed by atoms with Crippen LogP contribution in [0.2, 0.25) is 0 Å². The fourth-order valence-corrected chi connectivity index (χ4v) is 2.76. The number of benzene rings is 1. The van der Waals surface area contributed by atoms with Gasteiger partial charge >= 0.3 is 0 Å². The van der Waals surface area contributed by atoms with E-state index in [1.165, 1.54) is 33.9 Å². The molecule has 0 atom stereocenters. The Morgan fingerprint density at radius 1 is 1.14 bits per heavy atom. The summed E-state index contributed by atoms with van der Waals surface area (Å²) in [5.41, 5.74) is 1.26. The maximum absolute atomic E-state index is 13.1. The first kappa shape index (κ1) is 17.5. The van der Waals surface area contributed by atoms with E-state index in [9.17, 15) is 14.0 Å². The Morgan fingerprint density at radius 3 is 2.71 bits per heavy atom. The van der Waals surface area contributed by atoms with Crippen molar-refractivity contribution in [1.82, 2.24) is 24.3 Å². The second-order valence-electron chi connectivity index (χ2n) is 6.05. The molecule has 8 nitrogen and oxygen atoms in total. The number of nitrogens with one attached hydrogen (secondary N) is 1. The van der Waals surface area contributed by atoms with Gasteiger partial charge in [0.25, 0.3) is 5.56 Å². The average Bonchev–Trinajstić information content (AvgIpc) is 3.14. The van der Waals surface area contributed by atoms with Crippen LogP contribution in [0.4, 0.5) is 10.1 Å². The zero-order valence-electron chi connectivity index (χ0n) is 14.6. The number of halogens is 1. The Hall–Kier alpha value is -3.88. The first-order valence-electron chi connectivity index (χ1n) is 8.51. The van der Waals surface area contributed by atoms with E-state index in [4.69, 9.17) is 0 Å². The molecule has 140 valence electrons. The third-order valence-electron chi connectivity index (χ3n) is 4.15. The summed E-state index contributed by atoms with van der Waals surface area (Å²) >= 11 is 0. The molecule has 0 unspecified atom stereocenters. The van der Waals surface area contributed by atoms with Crippen LogP contribution >= 0.6 is 0 Å². The van der Waals surface area contributed by atoms with Crippen molar-refractivity contribution in [3.63, 3.8) is 0 Å². The minimum atomic E-state index is -0.361. The van der Waals surface area contributed by atoms with Gasteiger partial charge in [0, 0.05) is 19.2 Å². The molecule has 4 aromatic rings. The highest BCUT2D eigenvalue weighted by atomic mass is 19.1. The highest BCUT2D eigenvalue weighted by Gasteiger charge is 2.12. The molecule has 1 amide bonds. The van der Waals surface area contributed by atoms with Crippen LogP contribution in [0.3, 0.4) is 0 Å². The summed E-state index contributed by atoms with van der Waals surface area (Å²) in [5, 5.41) is 7.21. The van der Waals surface area contributed by atoms with Crippen molar-refractivity contribution in [3.05, 3.63) is 77.5 Å². The van der Waals surface area contributed by atoms with Gasteiger partial charge in [-0.2, -0.15) is 5.10 Å². The minimum absolute atomic E-state index is 0.105. The molecule has 0 aliphatic carbocycles. The predicted octanol–water partition coefficient (Wildman–Crippen LogP) is 2.15. The summed E-state index contributed by atoms with van der Waals surface area (Å²) in [4.78, 5) is 32.9. The second kappa shape index (κ2) is 7.39. The molecule has 0 bridgehead atoms. The highest BCUT2D eigenvalue weighted by molar-refractivity contribution is 5.90. The van der Waals surface area contributed by atoms with Gasteiger partial charge in [0.2, 0.25) is 5.91 Å². The molecule has 0 saturated heterocycles. The Labute approximate surface area is 158 Å². The van der Waals surface area contributed by atoms with Gasteiger partial charge in [-0.05, 0) is 36.4 Å². The molecule has 9 heteroatoms. The number of hydrogen-bond acceptors (Lipinski definition) is 5. The minimum Gasteiger partial charge on any atom is -0.325 e. The fourth-order valence-electron chi connectivity index (χ4n) is 2.76. The predicted molar refractivity (Wildman–Crippen MR) is 101 cm³/mol. The van der Waals surface area contributed by atoms with Gasteiger partial charge < -0.3 is 5.32 Å². The van der Waals surface area contributed by atoms with E-state index in [2.05, 4.69) is 20.4 Å². The van der Waals surface area contributed by atoms with E-state index < -0.39 is 0 Å². The van der Waals surface area contributed by atoms with Gasteiger partial charge in [-0.1, -0.05) is 0 Å². The number of fused-ring (bicyclic) bond motifs is 1. The van der Waals surface area contributed by atoms with Crippen LogP contribution in [0.25, 0.3) is 16.7 Å². The molecule has 3 aromatic heterocycles. The standard InChI is InChI=1S/C19H15FN6O2/c20-13-3-5-15(6-4-13)26-18-16(11-23-26)19(28)25(12-22-18)9-7-17(27)24-14-2-1-8-21-10-14/h1-6,8,10-12H,7,9H2,(H,24,27). The van der Waals surface area contributed by atoms with Gasteiger partial charge in [-0.25, -0.2) is 14.1 Å². The van der Waals surface area contributed by atoms with Crippen molar-refractivity contribution >= 4 is 22.6 Å². The number of anilines is 1. The molecular formula is C19H15FN6O2. The Morgan fingerprint density at radius 2 is 1.96 bits per heavy atom. The van der Waals surface area contributed by atoms with E-state index in [-0.39, 0.29) is 30.2 Å². The quantitative estimate of drug-likeness (QED) is 0.574. The molecule has 0 aliphatic rings. The molecule has 0 aliphatic heterocycles. The maximum atomic E-state index is 13.1. The van der Waals surface area contributed by atoms with E-state index >= 15 is 0 Å². The molecular weight excluding hydrogens is 363 g/mol. The Bertz CT molecular complexity index is 1180. The number of rotatable bonds is 5. The summed E-state index contributed by atoms with van der Waals surface area (Å²) in [6.45, 7) is 0.176. The van der Waals surface area contributed by atoms with Crippen molar-refractivity contribution in [1.29, 1.82) is 0 Å². The molecule has 28 heavy (non-hydrogen) atoms. The van der Waals surface area contributed by atoms with Gasteiger partial charge in [0.1, 0.15) is 11.2 Å². The Kier molecular flexibility index (Phi) is 4.63. The SMILES string of the molecule is O=C(CCn1cnc2c(cnn2-c2ccc(F)cc2)c1=O)Nc1cccnc1. The van der Waals surface area contributed by atoms with Crippen molar-refractivity contribution in [2.45, 2.75) is 13.0 Å². The first-order valence-corrected chi connectivity index (χ1v) is 8.51.